The van der Waals surface area contributed by atoms with Crippen molar-refractivity contribution in [1.29, 1.82) is 0 Å². The first-order valence-corrected chi connectivity index (χ1v) is 7.58. The Hall–Kier alpha value is -1.80. The Morgan fingerprint density at radius 2 is 2.19 bits per heavy atom. The van der Waals surface area contributed by atoms with Gasteiger partial charge in [-0.3, -0.25) is 4.79 Å². The molecular formula is C16H15ClN2OS. The van der Waals surface area contributed by atoms with Crippen molar-refractivity contribution >= 4 is 34.5 Å². The van der Waals surface area contributed by atoms with Gasteiger partial charge in [0.25, 0.3) is 5.91 Å². The Kier molecular flexibility index (Phi) is 5.03. The fraction of sp³-hybridized carbons (Fsp3) is 0.188. The molecule has 0 saturated heterocycles. The number of hydrogen-bond donors (Lipinski definition) is 2. The van der Waals surface area contributed by atoms with Crippen LogP contribution in [0.3, 0.4) is 0 Å². The molecule has 3 nitrogen and oxygen atoms in total. The second-order valence-corrected chi connectivity index (χ2v) is 5.95. The van der Waals surface area contributed by atoms with E-state index in [4.69, 9.17) is 17.3 Å². The average molecular weight is 319 g/mol. The summed E-state index contributed by atoms with van der Waals surface area (Å²) in [4.78, 5) is 13.8. The topological polar surface area (TPSA) is 55.1 Å². The number of anilines is 1. The minimum atomic E-state index is -0.158. The van der Waals surface area contributed by atoms with Crippen LogP contribution in [0.4, 0.5) is 5.69 Å². The Morgan fingerprint density at radius 1 is 1.43 bits per heavy atom. The van der Waals surface area contributed by atoms with E-state index in [-0.39, 0.29) is 5.91 Å². The van der Waals surface area contributed by atoms with Crippen LogP contribution in [-0.2, 0) is 0 Å². The third-order valence-electron chi connectivity index (χ3n) is 2.96. The fourth-order valence-corrected chi connectivity index (χ4v) is 2.89. The molecule has 1 aromatic carbocycles. The normalized spacial score (nSPS) is 9.90. The largest absolute Gasteiger partial charge is 0.321 e. The van der Waals surface area contributed by atoms with E-state index in [1.54, 1.807) is 6.07 Å². The SMILES string of the molecule is Cc1cc(C(=O)Nc2cccc(Cl)c2C)sc1C#CCN. The number of thiophene rings is 1. The van der Waals surface area contributed by atoms with E-state index < -0.39 is 0 Å². The molecule has 0 atom stereocenters. The van der Waals surface area contributed by atoms with Gasteiger partial charge in [-0.2, -0.15) is 0 Å². The number of rotatable bonds is 2. The molecule has 108 valence electrons. The number of nitrogens with two attached hydrogens (primary N) is 1. The third kappa shape index (κ3) is 3.64. The zero-order chi connectivity index (χ0) is 15.4. The molecule has 0 unspecified atom stereocenters. The Labute approximate surface area is 133 Å². The van der Waals surface area contributed by atoms with Crippen molar-refractivity contribution in [2.75, 3.05) is 11.9 Å². The lowest BCUT2D eigenvalue weighted by Crippen LogP contribution is -2.11. The molecule has 2 rings (SSSR count). The molecule has 0 radical (unpaired) electrons. The Balaban J connectivity index is 2.23. The maximum atomic E-state index is 12.3. The van der Waals surface area contributed by atoms with Gasteiger partial charge in [0.15, 0.2) is 0 Å². The quantitative estimate of drug-likeness (QED) is 0.832. The number of halogens is 1. The lowest BCUT2D eigenvalue weighted by Gasteiger charge is -2.08. The summed E-state index contributed by atoms with van der Waals surface area (Å²) < 4.78 is 0. The van der Waals surface area contributed by atoms with Gasteiger partial charge >= 0.3 is 0 Å². The molecule has 1 aromatic heterocycles. The summed E-state index contributed by atoms with van der Waals surface area (Å²) in [5.74, 6) is 5.62. The van der Waals surface area contributed by atoms with Gasteiger partial charge in [-0.05, 0) is 43.2 Å². The number of hydrogen-bond acceptors (Lipinski definition) is 3. The van der Waals surface area contributed by atoms with Gasteiger partial charge in [-0.1, -0.05) is 29.5 Å². The molecule has 5 heteroatoms. The maximum absolute atomic E-state index is 12.3. The van der Waals surface area contributed by atoms with Gasteiger partial charge < -0.3 is 11.1 Å². The highest BCUT2D eigenvalue weighted by atomic mass is 35.5. The highest BCUT2D eigenvalue weighted by molar-refractivity contribution is 7.14. The first-order chi connectivity index (χ1) is 10.0. The molecule has 0 aliphatic carbocycles. The van der Waals surface area contributed by atoms with E-state index in [1.165, 1.54) is 11.3 Å². The number of aryl methyl sites for hydroxylation is 1. The van der Waals surface area contributed by atoms with Gasteiger partial charge in [0, 0.05) is 10.7 Å². The van der Waals surface area contributed by atoms with E-state index in [0.717, 1.165) is 16.0 Å². The van der Waals surface area contributed by atoms with Crippen molar-refractivity contribution < 1.29 is 4.79 Å². The van der Waals surface area contributed by atoms with Crippen LogP contribution in [0.15, 0.2) is 24.3 Å². The summed E-state index contributed by atoms with van der Waals surface area (Å²) in [5.41, 5.74) is 7.91. The van der Waals surface area contributed by atoms with Crippen LogP contribution in [0, 0.1) is 25.7 Å². The first kappa shape index (κ1) is 15.6. The molecule has 0 fully saturated rings. The van der Waals surface area contributed by atoms with Crippen molar-refractivity contribution in [3.63, 3.8) is 0 Å². The highest BCUT2D eigenvalue weighted by Crippen LogP contribution is 2.25. The average Bonchev–Trinajstić information content (AvgIpc) is 2.83. The van der Waals surface area contributed by atoms with Gasteiger partial charge in [-0.25, -0.2) is 0 Å². The smallest absolute Gasteiger partial charge is 0.265 e. The van der Waals surface area contributed by atoms with Crippen molar-refractivity contribution in [2.45, 2.75) is 13.8 Å². The number of benzene rings is 1. The predicted octanol–water partition coefficient (Wildman–Crippen LogP) is 3.58. The van der Waals surface area contributed by atoms with E-state index in [0.29, 0.717) is 22.1 Å². The third-order valence-corrected chi connectivity index (χ3v) is 4.52. The summed E-state index contributed by atoms with van der Waals surface area (Å²) >= 11 is 7.41. The van der Waals surface area contributed by atoms with Crippen LogP contribution >= 0.6 is 22.9 Å². The highest BCUT2D eigenvalue weighted by Gasteiger charge is 2.13. The second kappa shape index (κ2) is 6.77. The number of amides is 1. The van der Waals surface area contributed by atoms with Gasteiger partial charge in [0.05, 0.1) is 16.3 Å². The molecule has 0 spiro atoms. The molecule has 2 aromatic rings. The van der Waals surface area contributed by atoms with Crippen molar-refractivity contribution in [3.8, 4) is 11.8 Å². The zero-order valence-electron chi connectivity index (χ0n) is 11.8. The minimum Gasteiger partial charge on any atom is -0.321 e. The van der Waals surface area contributed by atoms with Gasteiger partial charge in [0.1, 0.15) is 0 Å². The minimum absolute atomic E-state index is 0.158. The fourth-order valence-electron chi connectivity index (χ4n) is 1.78. The molecular weight excluding hydrogens is 304 g/mol. The second-order valence-electron chi connectivity index (χ2n) is 4.50. The van der Waals surface area contributed by atoms with Crippen LogP contribution < -0.4 is 11.1 Å². The maximum Gasteiger partial charge on any atom is 0.265 e. The van der Waals surface area contributed by atoms with Crippen molar-refractivity contribution in [1.82, 2.24) is 0 Å². The summed E-state index contributed by atoms with van der Waals surface area (Å²) in [7, 11) is 0. The van der Waals surface area contributed by atoms with Crippen molar-refractivity contribution in [2.24, 2.45) is 5.73 Å². The molecule has 1 heterocycles. The molecule has 21 heavy (non-hydrogen) atoms. The lowest BCUT2D eigenvalue weighted by atomic mass is 10.2. The first-order valence-electron chi connectivity index (χ1n) is 6.38. The molecule has 1 amide bonds. The summed E-state index contributed by atoms with van der Waals surface area (Å²) in [5, 5.41) is 3.51. The number of carbonyl (C=O) groups is 1. The zero-order valence-corrected chi connectivity index (χ0v) is 13.4. The predicted molar refractivity (Wildman–Crippen MR) is 89.1 cm³/mol. The summed E-state index contributed by atoms with van der Waals surface area (Å²) in [6, 6.07) is 7.26. The Bertz CT molecular complexity index is 740. The molecule has 3 N–H and O–H groups in total. The monoisotopic (exact) mass is 318 g/mol. The van der Waals surface area contributed by atoms with Crippen LogP contribution in [0.5, 0.6) is 0 Å². The van der Waals surface area contributed by atoms with Gasteiger partial charge in [0.2, 0.25) is 0 Å². The van der Waals surface area contributed by atoms with E-state index >= 15 is 0 Å². The molecule has 0 bridgehead atoms. The van der Waals surface area contributed by atoms with E-state index in [9.17, 15) is 4.79 Å². The summed E-state index contributed by atoms with van der Waals surface area (Å²) in [6.45, 7) is 4.11. The van der Waals surface area contributed by atoms with Gasteiger partial charge in [-0.15, -0.1) is 11.3 Å². The van der Waals surface area contributed by atoms with E-state index in [1.807, 2.05) is 32.0 Å². The summed E-state index contributed by atoms with van der Waals surface area (Å²) in [6.07, 6.45) is 0. The lowest BCUT2D eigenvalue weighted by molar-refractivity contribution is 0.103. The van der Waals surface area contributed by atoms with Crippen LogP contribution in [-0.4, -0.2) is 12.5 Å². The van der Waals surface area contributed by atoms with Crippen LogP contribution in [0.25, 0.3) is 0 Å². The van der Waals surface area contributed by atoms with Crippen LogP contribution in [0.2, 0.25) is 5.02 Å². The Morgan fingerprint density at radius 3 is 2.90 bits per heavy atom. The molecule has 0 aliphatic rings. The van der Waals surface area contributed by atoms with Crippen molar-refractivity contribution in [3.05, 3.63) is 50.2 Å². The van der Waals surface area contributed by atoms with E-state index in [2.05, 4.69) is 17.2 Å². The molecule has 0 aliphatic heterocycles. The molecule has 0 saturated carbocycles. The van der Waals surface area contributed by atoms with Crippen LogP contribution in [0.1, 0.15) is 25.7 Å². The number of carbonyl (C=O) groups excluding carboxylic acids is 1. The standard InChI is InChI=1S/C16H15ClN2OS/c1-10-9-15(21-14(10)7-4-8-18)16(20)19-13-6-3-5-12(17)11(13)2/h3,5-6,9H,8,18H2,1-2H3,(H,19,20). The number of nitrogens with one attached hydrogen (secondary N) is 1.